The van der Waals surface area contributed by atoms with Crippen molar-refractivity contribution in [2.24, 2.45) is 0 Å². The minimum Gasteiger partial charge on any atom is -0.497 e. The number of carbonyl (C=O) groups excluding carboxylic acids is 1. The molecule has 0 fully saturated rings. The lowest BCUT2D eigenvalue weighted by molar-refractivity contribution is -0.112. The van der Waals surface area contributed by atoms with Crippen LogP contribution in [0, 0.1) is 14.9 Å². The molecule has 0 spiro atoms. The van der Waals surface area contributed by atoms with Crippen molar-refractivity contribution in [1.82, 2.24) is 0 Å². The van der Waals surface area contributed by atoms with Gasteiger partial charge in [-0.25, -0.2) is 0 Å². The Morgan fingerprint density at radius 2 is 2.13 bits per heavy atom. The number of hydrogen-bond donors (Lipinski definition) is 1. The third-order valence-corrected chi connectivity index (χ3v) is 3.75. The van der Waals surface area contributed by atoms with Gasteiger partial charge in [-0.2, -0.15) is 5.26 Å². The third-order valence-electron chi connectivity index (χ3n) is 2.89. The molecule has 0 aliphatic heterocycles. The quantitative estimate of drug-likeness (QED) is 0.434. The zero-order chi connectivity index (χ0) is 16.8. The van der Waals surface area contributed by atoms with Crippen molar-refractivity contribution in [2.45, 2.75) is 0 Å². The van der Waals surface area contributed by atoms with Crippen LogP contribution < -0.4 is 10.1 Å². The van der Waals surface area contributed by atoms with Crippen LogP contribution in [0.3, 0.4) is 0 Å². The van der Waals surface area contributed by atoms with Crippen LogP contribution in [0.15, 0.2) is 48.0 Å². The number of benzene rings is 2. The van der Waals surface area contributed by atoms with Crippen molar-refractivity contribution in [1.29, 1.82) is 5.26 Å². The van der Waals surface area contributed by atoms with E-state index >= 15 is 0 Å². The molecule has 4 nitrogen and oxygen atoms in total. The molecular weight excluding hydrogens is 427 g/mol. The normalized spacial score (nSPS) is 10.8. The van der Waals surface area contributed by atoms with E-state index in [-0.39, 0.29) is 5.57 Å². The number of amides is 1. The van der Waals surface area contributed by atoms with Crippen LogP contribution in [0.4, 0.5) is 5.69 Å². The van der Waals surface area contributed by atoms with E-state index in [0.29, 0.717) is 22.0 Å². The highest BCUT2D eigenvalue weighted by molar-refractivity contribution is 14.1. The molecule has 0 saturated carbocycles. The SMILES string of the molecule is COc1cc(I)cc(/C=C(\C#N)C(=O)Nc2cccc(Cl)c2)c1. The maximum Gasteiger partial charge on any atom is 0.266 e. The monoisotopic (exact) mass is 438 g/mol. The van der Waals surface area contributed by atoms with Crippen LogP contribution in [-0.2, 0) is 4.79 Å². The van der Waals surface area contributed by atoms with Gasteiger partial charge in [-0.05, 0) is 70.6 Å². The summed E-state index contributed by atoms with van der Waals surface area (Å²) < 4.78 is 6.13. The van der Waals surface area contributed by atoms with Gasteiger partial charge in [-0.1, -0.05) is 17.7 Å². The number of ether oxygens (including phenoxy) is 1. The Hall–Kier alpha value is -2.04. The number of hydrogen-bond acceptors (Lipinski definition) is 3. The molecule has 2 aromatic rings. The summed E-state index contributed by atoms with van der Waals surface area (Å²) >= 11 is 8.02. The van der Waals surface area contributed by atoms with Crippen LogP contribution in [0.25, 0.3) is 6.08 Å². The number of carbonyl (C=O) groups is 1. The number of nitrogens with zero attached hydrogens (tertiary/aromatic N) is 1. The second kappa shape index (κ2) is 7.99. The maximum atomic E-state index is 12.2. The minimum absolute atomic E-state index is 0.00553. The summed E-state index contributed by atoms with van der Waals surface area (Å²) in [6.07, 6.45) is 1.52. The van der Waals surface area contributed by atoms with E-state index < -0.39 is 5.91 Å². The Morgan fingerprint density at radius 3 is 2.78 bits per heavy atom. The van der Waals surface area contributed by atoms with Crippen molar-refractivity contribution >= 4 is 51.9 Å². The number of halogens is 2. The lowest BCUT2D eigenvalue weighted by Gasteiger charge is -2.06. The molecule has 0 saturated heterocycles. The van der Waals surface area contributed by atoms with E-state index in [0.717, 1.165) is 3.57 Å². The average molecular weight is 439 g/mol. The minimum atomic E-state index is -0.493. The molecule has 116 valence electrons. The molecule has 0 radical (unpaired) electrons. The summed E-state index contributed by atoms with van der Waals surface area (Å²) in [5.74, 6) is 0.170. The first kappa shape index (κ1) is 17.3. The van der Waals surface area contributed by atoms with Gasteiger partial charge in [-0.15, -0.1) is 0 Å². The molecule has 0 aromatic heterocycles. The van der Waals surface area contributed by atoms with Gasteiger partial charge in [0.25, 0.3) is 5.91 Å². The Kier molecular flexibility index (Phi) is 6.02. The van der Waals surface area contributed by atoms with Gasteiger partial charge in [0.1, 0.15) is 17.4 Å². The van der Waals surface area contributed by atoms with E-state index in [2.05, 4.69) is 27.9 Å². The summed E-state index contributed by atoms with van der Waals surface area (Å²) in [6, 6.07) is 14.1. The van der Waals surface area contributed by atoms with Gasteiger partial charge < -0.3 is 10.1 Å². The Balaban J connectivity index is 2.26. The maximum absolute atomic E-state index is 12.2. The molecule has 1 amide bonds. The number of nitriles is 1. The van der Waals surface area contributed by atoms with Crippen molar-refractivity contribution in [3.8, 4) is 11.8 Å². The van der Waals surface area contributed by atoms with Crippen molar-refractivity contribution in [3.05, 3.63) is 62.2 Å². The highest BCUT2D eigenvalue weighted by Crippen LogP contribution is 2.21. The summed E-state index contributed by atoms with van der Waals surface area (Å²) in [6.45, 7) is 0. The standard InChI is InChI=1S/C17H12ClIN2O2/c1-23-16-7-11(6-14(19)9-16)5-12(10-20)17(22)21-15-4-2-3-13(18)8-15/h2-9H,1H3,(H,21,22)/b12-5+. The molecule has 1 N–H and O–H groups in total. The fraction of sp³-hybridized carbons (Fsp3) is 0.0588. The lowest BCUT2D eigenvalue weighted by atomic mass is 10.1. The van der Waals surface area contributed by atoms with Crippen LogP contribution >= 0.6 is 34.2 Å². The molecule has 0 unspecified atom stereocenters. The Morgan fingerprint density at radius 1 is 1.35 bits per heavy atom. The first-order valence-corrected chi connectivity index (χ1v) is 8.01. The van der Waals surface area contributed by atoms with Crippen LogP contribution in [0.2, 0.25) is 5.02 Å². The molecule has 0 bridgehead atoms. The van der Waals surface area contributed by atoms with Gasteiger partial charge in [0.15, 0.2) is 0 Å². The van der Waals surface area contributed by atoms with Crippen molar-refractivity contribution in [3.63, 3.8) is 0 Å². The second-order valence-electron chi connectivity index (χ2n) is 4.56. The van der Waals surface area contributed by atoms with Crippen molar-refractivity contribution in [2.75, 3.05) is 12.4 Å². The summed E-state index contributed by atoms with van der Waals surface area (Å²) in [7, 11) is 1.57. The van der Waals surface area contributed by atoms with Crippen LogP contribution in [0.5, 0.6) is 5.75 Å². The average Bonchev–Trinajstić information content (AvgIpc) is 2.51. The fourth-order valence-corrected chi connectivity index (χ4v) is 2.72. The van der Waals surface area contributed by atoms with E-state index in [1.54, 1.807) is 37.4 Å². The molecular formula is C17H12ClIN2O2. The predicted molar refractivity (Wildman–Crippen MR) is 99.4 cm³/mol. The molecule has 2 rings (SSSR count). The zero-order valence-electron chi connectivity index (χ0n) is 12.1. The Bertz CT molecular complexity index is 812. The molecule has 0 aliphatic carbocycles. The lowest BCUT2D eigenvalue weighted by Crippen LogP contribution is -2.13. The predicted octanol–water partition coefficient (Wildman–Crippen LogP) is 4.50. The van der Waals surface area contributed by atoms with Crippen LogP contribution in [-0.4, -0.2) is 13.0 Å². The van der Waals surface area contributed by atoms with E-state index in [9.17, 15) is 10.1 Å². The van der Waals surface area contributed by atoms with Gasteiger partial charge >= 0.3 is 0 Å². The topological polar surface area (TPSA) is 62.1 Å². The highest BCUT2D eigenvalue weighted by Gasteiger charge is 2.10. The number of nitrogens with one attached hydrogen (secondary N) is 1. The first-order valence-electron chi connectivity index (χ1n) is 6.55. The smallest absolute Gasteiger partial charge is 0.266 e. The largest absolute Gasteiger partial charge is 0.497 e. The molecule has 23 heavy (non-hydrogen) atoms. The summed E-state index contributed by atoms with van der Waals surface area (Å²) in [5, 5.41) is 12.4. The Labute approximate surface area is 152 Å². The molecule has 2 aromatic carbocycles. The molecule has 0 heterocycles. The second-order valence-corrected chi connectivity index (χ2v) is 6.24. The first-order chi connectivity index (χ1) is 11.0. The van der Waals surface area contributed by atoms with Gasteiger partial charge in [-0.3, -0.25) is 4.79 Å². The fourth-order valence-electron chi connectivity index (χ4n) is 1.87. The number of methoxy groups -OCH3 is 1. The van der Waals surface area contributed by atoms with E-state index in [4.69, 9.17) is 16.3 Å². The molecule has 6 heteroatoms. The van der Waals surface area contributed by atoms with Crippen molar-refractivity contribution < 1.29 is 9.53 Å². The van der Waals surface area contributed by atoms with Gasteiger partial charge in [0, 0.05) is 14.3 Å². The van der Waals surface area contributed by atoms with E-state index in [1.165, 1.54) is 6.08 Å². The number of anilines is 1. The van der Waals surface area contributed by atoms with E-state index in [1.807, 2.05) is 18.2 Å². The number of rotatable bonds is 4. The van der Waals surface area contributed by atoms with Crippen LogP contribution in [0.1, 0.15) is 5.56 Å². The summed E-state index contributed by atoms with van der Waals surface area (Å²) in [5.41, 5.74) is 1.24. The zero-order valence-corrected chi connectivity index (χ0v) is 15.1. The van der Waals surface area contributed by atoms with Gasteiger partial charge in [0.05, 0.1) is 7.11 Å². The summed E-state index contributed by atoms with van der Waals surface area (Å²) in [4.78, 5) is 12.2. The third kappa shape index (κ3) is 4.98. The van der Waals surface area contributed by atoms with Gasteiger partial charge in [0.2, 0.25) is 0 Å². The highest BCUT2D eigenvalue weighted by atomic mass is 127. The molecule has 0 atom stereocenters. The molecule has 0 aliphatic rings.